The number of aromatic nitrogens is 3. The molecular weight excluding hydrogens is 445 g/mol. The Morgan fingerprint density at radius 1 is 1.15 bits per heavy atom. The number of likely N-dealkylation sites (tertiary alicyclic amines) is 1. The van der Waals surface area contributed by atoms with Crippen LogP contribution in [-0.4, -0.2) is 51.1 Å². The summed E-state index contributed by atoms with van der Waals surface area (Å²) in [5, 5.41) is 6.57. The van der Waals surface area contributed by atoms with Crippen LogP contribution >= 0.6 is 0 Å². The summed E-state index contributed by atoms with van der Waals surface area (Å²) in [6.07, 6.45) is 6.67. The molecule has 1 saturated carbocycles. The van der Waals surface area contributed by atoms with Gasteiger partial charge in [0.15, 0.2) is 17.5 Å². The van der Waals surface area contributed by atoms with E-state index in [-0.39, 0.29) is 29.6 Å². The summed E-state index contributed by atoms with van der Waals surface area (Å²) in [5.41, 5.74) is 0.595. The Bertz CT molecular complexity index is 1210. The van der Waals surface area contributed by atoms with E-state index in [9.17, 15) is 18.0 Å². The Hall–Kier alpha value is -3.30. The first-order valence-electron chi connectivity index (χ1n) is 11.7. The summed E-state index contributed by atoms with van der Waals surface area (Å²) in [7, 11) is 0. The van der Waals surface area contributed by atoms with Crippen molar-refractivity contribution in [2.75, 3.05) is 18.4 Å². The number of nitrogens with zero attached hydrogens (tertiary/aromatic N) is 3. The van der Waals surface area contributed by atoms with Crippen LogP contribution in [0.15, 0.2) is 24.5 Å². The lowest BCUT2D eigenvalue weighted by molar-refractivity contribution is 0.198. The minimum Gasteiger partial charge on any atom is -0.365 e. The van der Waals surface area contributed by atoms with Gasteiger partial charge < -0.3 is 20.5 Å². The third kappa shape index (κ3) is 4.53. The van der Waals surface area contributed by atoms with Crippen LogP contribution in [0.1, 0.15) is 39.0 Å². The van der Waals surface area contributed by atoms with Gasteiger partial charge in [0.1, 0.15) is 17.2 Å². The molecule has 1 saturated heterocycles. The van der Waals surface area contributed by atoms with Crippen LogP contribution in [0.25, 0.3) is 22.3 Å². The van der Waals surface area contributed by atoms with Gasteiger partial charge in [0, 0.05) is 48.4 Å². The average molecular weight is 473 g/mol. The average Bonchev–Trinajstić information content (AvgIpc) is 3.42. The SMILES string of the molecule is C[C@@H]1CCN(C(=O)N[C@@H]2CCC[C@H](Nc3nc(-c4c[nH]c5ncc(F)cc45)c(F)cc3F)C2)C1. The number of hydrogen-bond donors (Lipinski definition) is 3. The third-order valence-electron chi connectivity index (χ3n) is 6.74. The predicted molar refractivity (Wildman–Crippen MR) is 123 cm³/mol. The molecule has 0 radical (unpaired) electrons. The molecule has 1 aliphatic carbocycles. The molecule has 0 bridgehead atoms. The quantitative estimate of drug-likeness (QED) is 0.508. The third-order valence-corrected chi connectivity index (χ3v) is 6.74. The van der Waals surface area contributed by atoms with Crippen LogP contribution in [0.4, 0.5) is 23.8 Å². The van der Waals surface area contributed by atoms with Crippen molar-refractivity contribution in [1.82, 2.24) is 25.2 Å². The highest BCUT2D eigenvalue weighted by Gasteiger charge is 2.29. The molecule has 2 aliphatic rings. The maximum atomic E-state index is 14.7. The number of pyridine rings is 2. The molecule has 3 N–H and O–H groups in total. The number of urea groups is 1. The Balaban J connectivity index is 1.32. The maximum absolute atomic E-state index is 14.7. The number of amides is 2. The minimum absolute atomic E-state index is 0.0275. The molecule has 2 fully saturated rings. The zero-order valence-electron chi connectivity index (χ0n) is 18.9. The first-order chi connectivity index (χ1) is 16.4. The summed E-state index contributed by atoms with van der Waals surface area (Å²) >= 11 is 0. The number of rotatable bonds is 4. The number of nitrogens with one attached hydrogen (secondary N) is 3. The number of fused-ring (bicyclic) bond motifs is 1. The lowest BCUT2D eigenvalue weighted by Gasteiger charge is -2.32. The number of anilines is 1. The number of halogens is 3. The number of carbonyl (C=O) groups is 1. The molecule has 34 heavy (non-hydrogen) atoms. The van der Waals surface area contributed by atoms with E-state index in [1.54, 1.807) is 0 Å². The first-order valence-corrected chi connectivity index (χ1v) is 11.7. The largest absolute Gasteiger partial charge is 0.365 e. The fourth-order valence-electron chi connectivity index (χ4n) is 4.96. The second-order valence-electron chi connectivity index (χ2n) is 9.40. The molecule has 3 aromatic rings. The summed E-state index contributed by atoms with van der Waals surface area (Å²) in [4.78, 5) is 25.4. The van der Waals surface area contributed by atoms with E-state index in [1.165, 1.54) is 12.3 Å². The summed E-state index contributed by atoms with van der Waals surface area (Å²) in [5.74, 6) is -1.77. The van der Waals surface area contributed by atoms with Gasteiger partial charge in [-0.25, -0.2) is 27.9 Å². The number of carbonyl (C=O) groups excluding carboxylic acids is 1. The second kappa shape index (κ2) is 9.15. The van der Waals surface area contributed by atoms with Crippen LogP contribution < -0.4 is 10.6 Å². The van der Waals surface area contributed by atoms with Crippen LogP contribution in [-0.2, 0) is 0 Å². The molecule has 0 aromatic carbocycles. The van der Waals surface area contributed by atoms with Gasteiger partial charge in [-0.05, 0) is 44.1 Å². The van der Waals surface area contributed by atoms with Gasteiger partial charge in [-0.15, -0.1) is 0 Å². The van der Waals surface area contributed by atoms with E-state index < -0.39 is 17.5 Å². The number of H-pyrrole nitrogens is 1. The second-order valence-corrected chi connectivity index (χ2v) is 9.40. The van der Waals surface area contributed by atoms with E-state index in [1.807, 2.05) is 4.90 Å². The van der Waals surface area contributed by atoms with Gasteiger partial charge in [0.2, 0.25) is 0 Å². The van der Waals surface area contributed by atoms with Crippen molar-refractivity contribution < 1.29 is 18.0 Å². The lowest BCUT2D eigenvalue weighted by Crippen LogP contribution is -2.47. The van der Waals surface area contributed by atoms with E-state index >= 15 is 0 Å². The maximum Gasteiger partial charge on any atom is 0.317 e. The molecule has 0 unspecified atom stereocenters. The smallest absolute Gasteiger partial charge is 0.317 e. The van der Waals surface area contributed by atoms with E-state index in [0.29, 0.717) is 28.9 Å². The van der Waals surface area contributed by atoms with Crippen LogP contribution in [0.3, 0.4) is 0 Å². The van der Waals surface area contributed by atoms with Crippen molar-refractivity contribution in [2.45, 2.75) is 51.1 Å². The molecule has 3 atom stereocenters. The normalized spacial score (nSPS) is 22.8. The summed E-state index contributed by atoms with van der Waals surface area (Å²) < 4.78 is 43.0. The predicted octanol–water partition coefficient (Wildman–Crippen LogP) is 4.82. The monoisotopic (exact) mass is 472 g/mol. The zero-order chi connectivity index (χ0) is 23.8. The Labute approximate surface area is 195 Å². The molecule has 180 valence electrons. The Morgan fingerprint density at radius 3 is 2.76 bits per heavy atom. The molecule has 0 spiro atoms. The van der Waals surface area contributed by atoms with Crippen molar-refractivity contribution in [3.05, 3.63) is 42.0 Å². The Kier molecular flexibility index (Phi) is 6.05. The van der Waals surface area contributed by atoms with Crippen molar-refractivity contribution >= 4 is 22.9 Å². The van der Waals surface area contributed by atoms with Crippen molar-refractivity contribution in [3.63, 3.8) is 0 Å². The van der Waals surface area contributed by atoms with Gasteiger partial charge in [0.05, 0.1) is 6.20 Å². The minimum atomic E-state index is -0.846. The standard InChI is InChI=1S/C24H27F3N6O/c1-13-5-6-33(12-13)24(34)31-16-4-2-3-15(8-16)30-23-20(27)9-19(26)21(32-23)18-11-29-22-17(18)7-14(25)10-28-22/h7,9-11,13,15-16H,2-6,8,12H2,1H3,(H,28,29)(H,30,32)(H,31,34)/t13-,15+,16-/m1/s1. The summed E-state index contributed by atoms with van der Waals surface area (Å²) in [6.45, 7) is 3.67. The topological polar surface area (TPSA) is 85.9 Å². The van der Waals surface area contributed by atoms with Crippen LogP contribution in [0, 0.1) is 23.4 Å². The van der Waals surface area contributed by atoms with Gasteiger partial charge in [0.25, 0.3) is 0 Å². The van der Waals surface area contributed by atoms with Gasteiger partial charge in [-0.3, -0.25) is 0 Å². The van der Waals surface area contributed by atoms with Crippen molar-refractivity contribution in [2.24, 2.45) is 5.92 Å². The molecule has 7 nitrogen and oxygen atoms in total. The molecule has 4 heterocycles. The number of aromatic amines is 1. The molecule has 3 aromatic heterocycles. The lowest BCUT2D eigenvalue weighted by atomic mass is 9.91. The fraction of sp³-hybridized carbons (Fsp3) is 0.458. The fourth-order valence-corrected chi connectivity index (χ4v) is 4.96. The van der Waals surface area contributed by atoms with Gasteiger partial charge >= 0.3 is 6.03 Å². The highest BCUT2D eigenvalue weighted by molar-refractivity contribution is 5.92. The van der Waals surface area contributed by atoms with Crippen molar-refractivity contribution in [1.29, 1.82) is 0 Å². The van der Waals surface area contributed by atoms with Crippen LogP contribution in [0.2, 0.25) is 0 Å². The molecule has 10 heteroatoms. The van der Waals surface area contributed by atoms with Crippen molar-refractivity contribution in [3.8, 4) is 11.3 Å². The van der Waals surface area contributed by atoms with E-state index in [4.69, 9.17) is 0 Å². The molecular formula is C24H27F3N6O. The molecule has 5 rings (SSSR count). The number of hydrogen-bond acceptors (Lipinski definition) is 4. The van der Waals surface area contributed by atoms with E-state index in [0.717, 1.165) is 51.0 Å². The highest BCUT2D eigenvalue weighted by Crippen LogP contribution is 2.32. The zero-order valence-corrected chi connectivity index (χ0v) is 18.9. The first kappa shape index (κ1) is 22.5. The van der Waals surface area contributed by atoms with Crippen LogP contribution in [0.5, 0.6) is 0 Å². The summed E-state index contributed by atoms with van der Waals surface area (Å²) in [6, 6.07) is 1.82. The molecule has 2 amide bonds. The van der Waals surface area contributed by atoms with E-state index in [2.05, 4.69) is 32.5 Å². The molecule has 1 aliphatic heterocycles. The highest BCUT2D eigenvalue weighted by atomic mass is 19.1. The van der Waals surface area contributed by atoms with Gasteiger partial charge in [-0.2, -0.15) is 0 Å². The Morgan fingerprint density at radius 2 is 1.97 bits per heavy atom. The van der Waals surface area contributed by atoms with Gasteiger partial charge in [-0.1, -0.05) is 6.92 Å².